The predicted octanol–water partition coefficient (Wildman–Crippen LogP) is 3.91. The summed E-state index contributed by atoms with van der Waals surface area (Å²) in [4.78, 5) is 29.7. The van der Waals surface area contributed by atoms with E-state index in [4.69, 9.17) is 14.2 Å². The first-order chi connectivity index (χ1) is 18.5. The molecule has 0 bridgehead atoms. The van der Waals surface area contributed by atoms with E-state index in [1.165, 1.54) is 17.5 Å². The molecule has 1 N–H and O–H groups in total. The van der Waals surface area contributed by atoms with Crippen LogP contribution in [0.25, 0.3) is 21.5 Å². The molecule has 4 heterocycles. The summed E-state index contributed by atoms with van der Waals surface area (Å²) in [6, 6.07) is 12.6. The molecule has 1 aliphatic heterocycles. The maximum atomic E-state index is 13.4. The molecule has 0 aliphatic carbocycles. The quantitative estimate of drug-likeness (QED) is 0.361. The van der Waals surface area contributed by atoms with Crippen LogP contribution in [-0.2, 0) is 4.74 Å². The molecule has 1 fully saturated rings. The number of anilines is 1. The Labute approximate surface area is 223 Å². The predicted molar refractivity (Wildman–Crippen MR) is 144 cm³/mol. The van der Waals surface area contributed by atoms with Gasteiger partial charge in [-0.3, -0.25) is 20.0 Å². The van der Waals surface area contributed by atoms with Gasteiger partial charge >= 0.3 is 0 Å². The molecule has 1 amide bonds. The molecule has 38 heavy (non-hydrogen) atoms. The first-order valence-corrected chi connectivity index (χ1v) is 12.9. The fourth-order valence-electron chi connectivity index (χ4n) is 4.15. The number of carbonyl (C=O) groups is 1. The largest absolute Gasteiger partial charge is 0.496 e. The number of benzene rings is 1. The Morgan fingerprint density at radius 2 is 2.03 bits per heavy atom. The highest BCUT2D eigenvalue weighted by atomic mass is 32.1. The second-order valence-electron chi connectivity index (χ2n) is 8.65. The van der Waals surface area contributed by atoms with Crippen molar-refractivity contribution in [2.24, 2.45) is 0 Å². The van der Waals surface area contributed by atoms with Crippen molar-refractivity contribution in [2.45, 2.75) is 6.92 Å². The van der Waals surface area contributed by atoms with E-state index in [9.17, 15) is 10.1 Å². The van der Waals surface area contributed by atoms with Crippen LogP contribution < -0.4 is 14.8 Å². The summed E-state index contributed by atoms with van der Waals surface area (Å²) in [5, 5.41) is 12.7. The summed E-state index contributed by atoms with van der Waals surface area (Å²) in [5.74, 6) is 0.689. The number of carbonyl (C=O) groups excluding carboxylic acids is 1. The first kappa shape index (κ1) is 25.5. The Kier molecular flexibility index (Phi) is 7.74. The van der Waals surface area contributed by atoms with Crippen molar-refractivity contribution in [3.8, 4) is 28.8 Å². The van der Waals surface area contributed by atoms with Gasteiger partial charge in [-0.15, -0.1) is 0 Å². The number of methoxy groups -OCH3 is 1. The van der Waals surface area contributed by atoms with Crippen LogP contribution in [0, 0.1) is 18.3 Å². The van der Waals surface area contributed by atoms with Crippen molar-refractivity contribution < 1.29 is 19.0 Å². The number of ether oxygens (including phenoxy) is 3. The standard InChI is InChI=1S/C27H26N6O4S/c1-17-13-19(20-14-18(15-28)3-5-23(20)35-2)21(16-29-17)25(34)32-27-30-22-4-6-24(31-26(22)38-27)37-12-9-33-7-10-36-11-8-33/h3-6,13-14,16H,7-12H2,1-2H3,(H,30,32,34). The van der Waals surface area contributed by atoms with Crippen molar-refractivity contribution >= 4 is 32.7 Å². The first-order valence-electron chi connectivity index (χ1n) is 12.1. The molecule has 11 heteroatoms. The molecule has 5 rings (SSSR count). The number of amides is 1. The van der Waals surface area contributed by atoms with Crippen LogP contribution in [-0.4, -0.2) is 72.3 Å². The number of hydrogen-bond acceptors (Lipinski definition) is 10. The van der Waals surface area contributed by atoms with E-state index in [1.54, 1.807) is 37.4 Å². The topological polar surface area (TPSA) is 122 Å². The highest BCUT2D eigenvalue weighted by Gasteiger charge is 2.19. The second kappa shape index (κ2) is 11.5. The lowest BCUT2D eigenvalue weighted by Crippen LogP contribution is -2.38. The van der Waals surface area contributed by atoms with Crippen LogP contribution in [0.2, 0.25) is 0 Å². The smallest absolute Gasteiger partial charge is 0.259 e. The lowest BCUT2D eigenvalue weighted by molar-refractivity contribution is 0.0320. The molecule has 1 aliphatic rings. The second-order valence-corrected chi connectivity index (χ2v) is 9.63. The van der Waals surface area contributed by atoms with E-state index in [0.29, 0.717) is 56.0 Å². The summed E-state index contributed by atoms with van der Waals surface area (Å²) in [6.45, 7) is 6.48. The molecule has 0 spiro atoms. The number of rotatable bonds is 8. The van der Waals surface area contributed by atoms with Crippen LogP contribution in [0.5, 0.6) is 11.6 Å². The van der Waals surface area contributed by atoms with E-state index in [-0.39, 0.29) is 5.91 Å². The Hall–Kier alpha value is -4.11. The van der Waals surface area contributed by atoms with Gasteiger partial charge in [-0.1, -0.05) is 11.3 Å². The van der Waals surface area contributed by atoms with E-state index in [1.807, 2.05) is 13.0 Å². The third kappa shape index (κ3) is 5.73. The zero-order chi connectivity index (χ0) is 26.5. The van der Waals surface area contributed by atoms with Gasteiger partial charge in [0.15, 0.2) is 5.13 Å². The number of pyridine rings is 2. The summed E-state index contributed by atoms with van der Waals surface area (Å²) in [7, 11) is 1.55. The summed E-state index contributed by atoms with van der Waals surface area (Å²) >= 11 is 1.27. The molecule has 1 aromatic carbocycles. The molecule has 0 radical (unpaired) electrons. The van der Waals surface area contributed by atoms with Crippen LogP contribution in [0.3, 0.4) is 0 Å². The van der Waals surface area contributed by atoms with Gasteiger partial charge in [-0.2, -0.15) is 5.26 Å². The molecule has 4 aromatic rings. The van der Waals surface area contributed by atoms with Gasteiger partial charge in [0.05, 0.1) is 37.5 Å². The highest BCUT2D eigenvalue weighted by Crippen LogP contribution is 2.34. The number of morpholine rings is 1. The average Bonchev–Trinajstić information content (AvgIpc) is 3.34. The molecule has 0 saturated carbocycles. The lowest BCUT2D eigenvalue weighted by Gasteiger charge is -2.26. The summed E-state index contributed by atoms with van der Waals surface area (Å²) < 4.78 is 16.7. The van der Waals surface area contributed by atoms with Crippen LogP contribution >= 0.6 is 11.3 Å². The number of nitrogens with zero attached hydrogens (tertiary/aromatic N) is 5. The zero-order valence-electron chi connectivity index (χ0n) is 21.1. The number of hydrogen-bond donors (Lipinski definition) is 1. The molecule has 3 aromatic heterocycles. The monoisotopic (exact) mass is 530 g/mol. The number of nitrogens with one attached hydrogen (secondary N) is 1. The molecular formula is C27H26N6O4S. The number of nitriles is 1. The molecule has 194 valence electrons. The van der Waals surface area contributed by atoms with E-state index >= 15 is 0 Å². The van der Waals surface area contributed by atoms with Gasteiger partial charge < -0.3 is 14.2 Å². The van der Waals surface area contributed by atoms with Crippen LogP contribution in [0.15, 0.2) is 42.6 Å². The minimum atomic E-state index is -0.377. The van der Waals surface area contributed by atoms with Gasteiger partial charge in [-0.05, 0) is 37.3 Å². The molecule has 0 unspecified atom stereocenters. The fraction of sp³-hybridized carbons (Fsp3) is 0.296. The number of fused-ring (bicyclic) bond motifs is 1. The Bertz CT molecular complexity index is 1510. The minimum absolute atomic E-state index is 0.336. The lowest BCUT2D eigenvalue weighted by atomic mass is 9.97. The van der Waals surface area contributed by atoms with Crippen molar-refractivity contribution in [1.82, 2.24) is 19.9 Å². The molecule has 10 nitrogen and oxygen atoms in total. The SMILES string of the molecule is COc1ccc(C#N)cc1-c1cc(C)ncc1C(=O)Nc1nc2ccc(OCCN3CCOCC3)nc2s1. The van der Waals surface area contributed by atoms with E-state index in [2.05, 4.69) is 31.2 Å². The van der Waals surface area contributed by atoms with E-state index < -0.39 is 0 Å². The number of aromatic nitrogens is 3. The van der Waals surface area contributed by atoms with Crippen molar-refractivity contribution in [1.29, 1.82) is 5.26 Å². The highest BCUT2D eigenvalue weighted by molar-refractivity contribution is 7.22. The normalized spacial score (nSPS) is 13.7. The molecule has 0 atom stereocenters. The van der Waals surface area contributed by atoms with Gasteiger partial charge in [0, 0.05) is 48.7 Å². The Morgan fingerprint density at radius 1 is 1.18 bits per heavy atom. The van der Waals surface area contributed by atoms with Crippen molar-refractivity contribution in [3.05, 3.63) is 59.4 Å². The van der Waals surface area contributed by atoms with Gasteiger partial charge in [-0.25, -0.2) is 9.97 Å². The average molecular weight is 531 g/mol. The van der Waals surface area contributed by atoms with Gasteiger partial charge in [0.1, 0.15) is 22.7 Å². The summed E-state index contributed by atoms with van der Waals surface area (Å²) in [5.41, 5.74) is 3.43. The fourth-order valence-corrected chi connectivity index (χ4v) is 4.98. The van der Waals surface area contributed by atoms with Crippen molar-refractivity contribution in [2.75, 3.05) is 51.9 Å². The molecule has 1 saturated heterocycles. The van der Waals surface area contributed by atoms with Crippen LogP contribution in [0.1, 0.15) is 21.6 Å². The maximum absolute atomic E-state index is 13.4. The zero-order valence-corrected chi connectivity index (χ0v) is 21.9. The third-order valence-electron chi connectivity index (χ3n) is 6.12. The van der Waals surface area contributed by atoms with E-state index in [0.717, 1.165) is 38.5 Å². The Balaban J connectivity index is 1.34. The summed E-state index contributed by atoms with van der Waals surface area (Å²) in [6.07, 6.45) is 1.52. The number of aryl methyl sites for hydroxylation is 1. The van der Waals surface area contributed by atoms with Gasteiger partial charge in [0.2, 0.25) is 5.88 Å². The maximum Gasteiger partial charge on any atom is 0.259 e. The minimum Gasteiger partial charge on any atom is -0.496 e. The molecular weight excluding hydrogens is 504 g/mol. The van der Waals surface area contributed by atoms with Gasteiger partial charge in [0.25, 0.3) is 5.91 Å². The van der Waals surface area contributed by atoms with Crippen molar-refractivity contribution in [3.63, 3.8) is 0 Å². The third-order valence-corrected chi connectivity index (χ3v) is 7.00. The van der Waals surface area contributed by atoms with Crippen LogP contribution in [0.4, 0.5) is 5.13 Å². The Morgan fingerprint density at radius 3 is 2.82 bits per heavy atom. The number of thiazole rings is 1.